The highest BCUT2D eigenvalue weighted by atomic mass is 32.1. The van der Waals surface area contributed by atoms with Crippen molar-refractivity contribution in [2.45, 2.75) is 6.92 Å². The molecule has 0 atom stereocenters. The number of benzene rings is 2. The summed E-state index contributed by atoms with van der Waals surface area (Å²) in [6, 6.07) is 16.0. The number of thiazole rings is 1. The van der Waals surface area contributed by atoms with Crippen LogP contribution in [0.2, 0.25) is 0 Å². The van der Waals surface area contributed by atoms with Gasteiger partial charge >= 0.3 is 0 Å². The van der Waals surface area contributed by atoms with Crippen LogP contribution in [0.4, 0.5) is 4.39 Å². The van der Waals surface area contributed by atoms with Gasteiger partial charge in [-0.05, 0) is 36.8 Å². The molecule has 5 heteroatoms. The summed E-state index contributed by atoms with van der Waals surface area (Å²) in [5.74, 6) is -0.312. The van der Waals surface area contributed by atoms with E-state index in [9.17, 15) is 9.18 Å². The fourth-order valence-electron chi connectivity index (χ4n) is 2.90. The lowest BCUT2D eigenvalue weighted by atomic mass is 10.1. The third-order valence-electron chi connectivity index (χ3n) is 3.96. The second-order valence-electron chi connectivity index (χ2n) is 5.46. The highest BCUT2D eigenvalue weighted by Crippen LogP contribution is 2.35. The summed E-state index contributed by atoms with van der Waals surface area (Å²) in [7, 11) is 0. The summed E-state index contributed by atoms with van der Waals surface area (Å²) in [4.78, 5) is 18.3. The van der Waals surface area contributed by atoms with E-state index in [0.29, 0.717) is 11.4 Å². The van der Waals surface area contributed by atoms with E-state index in [1.54, 1.807) is 23.5 Å². The molecule has 0 spiro atoms. The van der Waals surface area contributed by atoms with Crippen molar-refractivity contribution in [3.8, 4) is 22.5 Å². The fourth-order valence-corrected chi connectivity index (χ4v) is 3.89. The molecule has 0 aliphatic heterocycles. The zero-order chi connectivity index (χ0) is 16.7. The molecule has 2 aromatic heterocycles. The quantitative estimate of drug-likeness (QED) is 0.494. The smallest absolute Gasteiger partial charge is 0.195 e. The van der Waals surface area contributed by atoms with Crippen LogP contribution in [0.15, 0.2) is 54.6 Å². The molecule has 2 aromatic carbocycles. The Labute approximate surface area is 142 Å². The highest BCUT2D eigenvalue weighted by Gasteiger charge is 2.20. The average molecular weight is 336 g/mol. The van der Waals surface area contributed by atoms with E-state index in [1.165, 1.54) is 12.1 Å². The Morgan fingerprint density at radius 1 is 1.04 bits per heavy atom. The first-order valence-electron chi connectivity index (χ1n) is 7.47. The molecule has 0 saturated carbocycles. The van der Waals surface area contributed by atoms with E-state index >= 15 is 0 Å². The molecule has 4 rings (SSSR count). The number of hydrogen-bond acceptors (Lipinski definition) is 3. The van der Waals surface area contributed by atoms with Crippen LogP contribution < -0.4 is 0 Å². The lowest BCUT2D eigenvalue weighted by Crippen LogP contribution is -1.95. The number of nitrogens with zero attached hydrogens (tertiary/aromatic N) is 2. The van der Waals surface area contributed by atoms with Crippen molar-refractivity contribution in [1.29, 1.82) is 0 Å². The number of carbonyl (C=O) groups excluding carboxylic acids is 1. The summed E-state index contributed by atoms with van der Waals surface area (Å²) < 4.78 is 15.1. The maximum atomic E-state index is 13.2. The maximum absolute atomic E-state index is 13.2. The minimum absolute atomic E-state index is 0.312. The number of carbonyl (C=O) groups is 1. The van der Waals surface area contributed by atoms with E-state index < -0.39 is 0 Å². The number of aryl methyl sites for hydroxylation is 1. The first kappa shape index (κ1) is 14.8. The van der Waals surface area contributed by atoms with Gasteiger partial charge in [0.25, 0.3) is 0 Å². The molecule has 0 aliphatic carbocycles. The Morgan fingerprint density at radius 2 is 1.75 bits per heavy atom. The lowest BCUT2D eigenvalue weighted by molar-refractivity contribution is 0.111. The number of fused-ring (bicyclic) bond motifs is 1. The van der Waals surface area contributed by atoms with Crippen LogP contribution in [0, 0.1) is 12.7 Å². The molecule has 0 radical (unpaired) electrons. The second-order valence-corrected chi connectivity index (χ2v) is 6.64. The zero-order valence-corrected chi connectivity index (χ0v) is 13.7. The van der Waals surface area contributed by atoms with Crippen LogP contribution in [0.3, 0.4) is 0 Å². The van der Waals surface area contributed by atoms with Crippen molar-refractivity contribution in [2.24, 2.45) is 0 Å². The normalized spacial score (nSPS) is 11.1. The molecule has 0 saturated heterocycles. The predicted molar refractivity (Wildman–Crippen MR) is 94.0 cm³/mol. The summed E-state index contributed by atoms with van der Waals surface area (Å²) in [6.45, 7) is 2.02. The van der Waals surface area contributed by atoms with Gasteiger partial charge in [0.05, 0.1) is 5.69 Å². The standard InChI is InChI=1S/C19H13FN2OS/c1-12-18(14-5-3-2-4-6-14)22-16(11-23)17(21-19(22)24-12)13-7-9-15(20)10-8-13/h2-11H,1H3. The maximum Gasteiger partial charge on any atom is 0.195 e. The Hall–Kier alpha value is -2.79. The first-order chi connectivity index (χ1) is 11.7. The van der Waals surface area contributed by atoms with Crippen molar-refractivity contribution in [2.75, 3.05) is 0 Å². The van der Waals surface area contributed by atoms with E-state index in [-0.39, 0.29) is 5.82 Å². The van der Waals surface area contributed by atoms with Gasteiger partial charge in [-0.2, -0.15) is 0 Å². The predicted octanol–water partition coefficient (Wildman–Crippen LogP) is 4.99. The van der Waals surface area contributed by atoms with E-state index in [4.69, 9.17) is 0 Å². The summed E-state index contributed by atoms with van der Waals surface area (Å²) in [5.41, 5.74) is 3.80. The molecule has 0 N–H and O–H groups in total. The Morgan fingerprint density at radius 3 is 2.42 bits per heavy atom. The number of hydrogen-bond donors (Lipinski definition) is 0. The number of halogens is 1. The van der Waals surface area contributed by atoms with Crippen LogP contribution in [-0.4, -0.2) is 15.7 Å². The van der Waals surface area contributed by atoms with Crippen molar-refractivity contribution in [1.82, 2.24) is 9.38 Å². The number of aldehydes is 1. The largest absolute Gasteiger partial charge is 0.296 e. The highest BCUT2D eigenvalue weighted by molar-refractivity contribution is 7.17. The summed E-state index contributed by atoms with van der Waals surface area (Å²) in [6.07, 6.45) is 0.817. The molecule has 118 valence electrons. The molecule has 0 amide bonds. The average Bonchev–Trinajstić information content (AvgIpc) is 3.10. The van der Waals surface area contributed by atoms with Gasteiger partial charge in [-0.25, -0.2) is 9.37 Å². The third kappa shape index (κ3) is 2.25. The molecular weight excluding hydrogens is 323 g/mol. The molecule has 0 aliphatic rings. The lowest BCUT2D eigenvalue weighted by Gasteiger charge is -2.04. The Balaban J connectivity index is 2.01. The van der Waals surface area contributed by atoms with Crippen molar-refractivity contribution >= 4 is 22.6 Å². The SMILES string of the molecule is Cc1sc2nc(-c3ccc(F)cc3)c(C=O)n2c1-c1ccccc1. The van der Waals surface area contributed by atoms with Gasteiger partial charge < -0.3 is 0 Å². The van der Waals surface area contributed by atoms with Gasteiger partial charge in [0.2, 0.25) is 0 Å². The number of imidazole rings is 1. The second kappa shape index (κ2) is 5.69. The molecule has 2 heterocycles. The van der Waals surface area contributed by atoms with Gasteiger partial charge in [-0.15, -0.1) is 11.3 Å². The fraction of sp³-hybridized carbons (Fsp3) is 0.0526. The number of rotatable bonds is 3. The molecular formula is C19H13FN2OS. The molecule has 24 heavy (non-hydrogen) atoms. The third-order valence-corrected chi connectivity index (χ3v) is 4.92. The van der Waals surface area contributed by atoms with Gasteiger partial charge in [0.1, 0.15) is 17.2 Å². The number of aromatic nitrogens is 2. The van der Waals surface area contributed by atoms with Gasteiger partial charge in [-0.3, -0.25) is 9.20 Å². The first-order valence-corrected chi connectivity index (χ1v) is 8.29. The van der Waals surface area contributed by atoms with Crippen LogP contribution >= 0.6 is 11.3 Å². The van der Waals surface area contributed by atoms with E-state index in [0.717, 1.165) is 32.9 Å². The molecule has 0 bridgehead atoms. The van der Waals surface area contributed by atoms with Crippen molar-refractivity contribution in [3.05, 3.63) is 71.0 Å². The topological polar surface area (TPSA) is 34.4 Å². The summed E-state index contributed by atoms with van der Waals surface area (Å²) in [5, 5.41) is 0. The minimum atomic E-state index is -0.312. The zero-order valence-electron chi connectivity index (χ0n) is 12.9. The molecule has 4 aromatic rings. The van der Waals surface area contributed by atoms with E-state index in [1.807, 2.05) is 41.7 Å². The van der Waals surface area contributed by atoms with Gasteiger partial charge in [0, 0.05) is 10.4 Å². The molecule has 0 fully saturated rings. The summed E-state index contributed by atoms with van der Waals surface area (Å²) >= 11 is 1.54. The minimum Gasteiger partial charge on any atom is -0.296 e. The molecule has 3 nitrogen and oxygen atoms in total. The van der Waals surface area contributed by atoms with Crippen molar-refractivity contribution < 1.29 is 9.18 Å². The van der Waals surface area contributed by atoms with Crippen LogP contribution in [-0.2, 0) is 0 Å². The van der Waals surface area contributed by atoms with Crippen LogP contribution in [0.25, 0.3) is 27.5 Å². The molecule has 0 unspecified atom stereocenters. The van der Waals surface area contributed by atoms with Gasteiger partial charge in [0.15, 0.2) is 11.2 Å². The van der Waals surface area contributed by atoms with Gasteiger partial charge in [-0.1, -0.05) is 30.3 Å². The Bertz CT molecular complexity index is 1030. The monoisotopic (exact) mass is 336 g/mol. The van der Waals surface area contributed by atoms with Crippen LogP contribution in [0.5, 0.6) is 0 Å². The Kier molecular flexibility index (Phi) is 3.50. The van der Waals surface area contributed by atoms with Crippen LogP contribution in [0.1, 0.15) is 15.4 Å². The van der Waals surface area contributed by atoms with E-state index in [2.05, 4.69) is 4.98 Å². The van der Waals surface area contributed by atoms with Crippen molar-refractivity contribution in [3.63, 3.8) is 0 Å².